The number of halogens is 1. The smallest absolute Gasteiger partial charge is 0.260 e. The number of carbonyl (C=O) groups excluding carboxylic acids is 1. The number of nitrogens with one attached hydrogen (secondary N) is 1. The largest absolute Gasteiger partial charge is 0.481 e. The summed E-state index contributed by atoms with van der Waals surface area (Å²) in [5.74, 6) is -0.229. The van der Waals surface area contributed by atoms with E-state index < -0.39 is 6.10 Å². The first kappa shape index (κ1) is 15.4. The second-order valence-corrected chi connectivity index (χ2v) is 4.00. The molecule has 0 aliphatic heterocycles. The lowest BCUT2D eigenvalue weighted by Crippen LogP contribution is -2.38. The van der Waals surface area contributed by atoms with Gasteiger partial charge in [0.25, 0.3) is 5.91 Å². The van der Waals surface area contributed by atoms with E-state index >= 15 is 0 Å². The molecule has 0 bridgehead atoms. The second-order valence-electron chi connectivity index (χ2n) is 4.00. The molecule has 1 rings (SSSR count). The Hall–Kier alpha value is -1.66. The molecule has 0 spiro atoms. The average molecular weight is 270 g/mol. The monoisotopic (exact) mass is 270 g/mol. The van der Waals surface area contributed by atoms with Crippen LogP contribution in [0.2, 0.25) is 0 Å². The Morgan fingerprint density at radius 2 is 2.26 bits per heavy atom. The van der Waals surface area contributed by atoms with Crippen molar-refractivity contribution in [1.29, 1.82) is 0 Å². The van der Waals surface area contributed by atoms with Crippen LogP contribution in [0.15, 0.2) is 18.2 Å². The lowest BCUT2D eigenvalue weighted by atomic mass is 10.2. The van der Waals surface area contributed by atoms with Crippen molar-refractivity contribution in [3.8, 4) is 5.75 Å². The van der Waals surface area contributed by atoms with Crippen molar-refractivity contribution in [1.82, 2.24) is 5.32 Å². The minimum atomic E-state index is -0.687. The minimum absolute atomic E-state index is 0.144. The maximum Gasteiger partial charge on any atom is 0.260 e. The quantitative estimate of drug-likeness (QED) is 0.719. The highest BCUT2D eigenvalue weighted by atomic mass is 19.1. The van der Waals surface area contributed by atoms with Crippen LogP contribution in [0.3, 0.4) is 0 Å². The van der Waals surface area contributed by atoms with Gasteiger partial charge in [0.2, 0.25) is 0 Å². The Balaban J connectivity index is 2.60. The van der Waals surface area contributed by atoms with Crippen LogP contribution in [0.4, 0.5) is 4.39 Å². The fraction of sp³-hybridized carbons (Fsp3) is 0.462. The third-order valence-electron chi connectivity index (χ3n) is 2.52. The average Bonchev–Trinajstić information content (AvgIpc) is 2.40. The van der Waals surface area contributed by atoms with Gasteiger partial charge >= 0.3 is 0 Å². The fourth-order valence-electron chi connectivity index (χ4n) is 1.49. The van der Waals surface area contributed by atoms with Gasteiger partial charge in [-0.15, -0.1) is 0 Å². The number of benzene rings is 1. The first-order valence-electron chi connectivity index (χ1n) is 6.00. The van der Waals surface area contributed by atoms with Crippen LogP contribution < -0.4 is 15.8 Å². The number of amides is 1. The molecule has 1 atom stereocenters. The molecule has 0 aliphatic carbocycles. The van der Waals surface area contributed by atoms with Crippen molar-refractivity contribution >= 4 is 5.91 Å². The maximum absolute atomic E-state index is 13.0. The molecule has 3 N–H and O–H groups in total. The van der Waals surface area contributed by atoms with E-state index in [1.54, 1.807) is 14.0 Å². The molecule has 0 aliphatic rings. The highest BCUT2D eigenvalue weighted by Gasteiger charge is 2.15. The van der Waals surface area contributed by atoms with Gasteiger partial charge in [0.05, 0.1) is 6.61 Å². The molecule has 19 heavy (non-hydrogen) atoms. The summed E-state index contributed by atoms with van der Waals surface area (Å²) in [6, 6.07) is 4.03. The summed E-state index contributed by atoms with van der Waals surface area (Å²) in [6.45, 7) is 2.61. The van der Waals surface area contributed by atoms with Crippen molar-refractivity contribution in [2.75, 3.05) is 20.3 Å². The van der Waals surface area contributed by atoms with E-state index in [0.29, 0.717) is 24.5 Å². The van der Waals surface area contributed by atoms with Gasteiger partial charge in [0.15, 0.2) is 6.10 Å². The fourth-order valence-corrected chi connectivity index (χ4v) is 1.49. The molecular weight excluding hydrogens is 251 g/mol. The normalized spacial score (nSPS) is 12.0. The number of nitrogens with two attached hydrogens (primary N) is 1. The zero-order valence-corrected chi connectivity index (χ0v) is 11.1. The predicted octanol–water partition coefficient (Wildman–Crippen LogP) is 0.814. The maximum atomic E-state index is 13.0. The number of hydrogen-bond acceptors (Lipinski definition) is 4. The van der Waals surface area contributed by atoms with Gasteiger partial charge in [-0.2, -0.15) is 0 Å². The van der Waals surface area contributed by atoms with Gasteiger partial charge in [-0.1, -0.05) is 0 Å². The molecule has 5 nitrogen and oxygen atoms in total. The number of ether oxygens (including phenoxy) is 2. The van der Waals surface area contributed by atoms with Crippen LogP contribution >= 0.6 is 0 Å². The molecule has 106 valence electrons. The number of hydrogen-bond donors (Lipinski definition) is 2. The molecule has 0 saturated carbocycles. The molecule has 1 unspecified atom stereocenters. The van der Waals surface area contributed by atoms with E-state index in [2.05, 4.69) is 5.32 Å². The van der Waals surface area contributed by atoms with Gasteiger partial charge in [-0.05, 0) is 25.1 Å². The van der Waals surface area contributed by atoms with Gasteiger partial charge in [-0.3, -0.25) is 4.79 Å². The summed E-state index contributed by atoms with van der Waals surface area (Å²) in [7, 11) is 1.55. The Bertz CT molecular complexity index is 426. The Morgan fingerprint density at radius 3 is 2.89 bits per heavy atom. The van der Waals surface area contributed by atoms with Crippen LogP contribution in [0.1, 0.15) is 12.5 Å². The van der Waals surface area contributed by atoms with Crippen molar-refractivity contribution in [3.05, 3.63) is 29.6 Å². The van der Waals surface area contributed by atoms with E-state index in [9.17, 15) is 9.18 Å². The molecule has 0 radical (unpaired) electrons. The van der Waals surface area contributed by atoms with Gasteiger partial charge in [-0.25, -0.2) is 4.39 Å². The summed E-state index contributed by atoms with van der Waals surface area (Å²) in [5, 5.41) is 2.66. The minimum Gasteiger partial charge on any atom is -0.481 e. The van der Waals surface area contributed by atoms with E-state index in [0.717, 1.165) is 0 Å². The molecule has 0 fully saturated rings. The molecule has 0 heterocycles. The standard InChI is InChI=1S/C13H19FN2O3/c1-9(13(17)16-5-6-18-2)19-12-4-3-11(14)7-10(12)8-15/h3-4,7,9H,5-6,8,15H2,1-2H3,(H,16,17). The highest BCUT2D eigenvalue weighted by molar-refractivity contribution is 5.80. The predicted molar refractivity (Wildman–Crippen MR) is 69.3 cm³/mol. The van der Waals surface area contributed by atoms with Crippen molar-refractivity contribution in [2.24, 2.45) is 5.73 Å². The zero-order valence-electron chi connectivity index (χ0n) is 11.1. The van der Waals surface area contributed by atoms with Gasteiger partial charge < -0.3 is 20.5 Å². The van der Waals surface area contributed by atoms with Gasteiger partial charge in [0.1, 0.15) is 11.6 Å². The van der Waals surface area contributed by atoms with Crippen molar-refractivity contribution in [2.45, 2.75) is 19.6 Å². The van der Waals surface area contributed by atoms with Crippen LogP contribution in [0.25, 0.3) is 0 Å². The molecule has 0 aromatic heterocycles. The van der Waals surface area contributed by atoms with E-state index in [4.69, 9.17) is 15.2 Å². The Morgan fingerprint density at radius 1 is 1.53 bits per heavy atom. The van der Waals surface area contributed by atoms with Gasteiger partial charge in [0, 0.05) is 25.8 Å². The number of methoxy groups -OCH3 is 1. The second kappa shape index (κ2) is 7.70. The third kappa shape index (κ3) is 4.84. The summed E-state index contributed by atoms with van der Waals surface area (Å²) < 4.78 is 23.3. The molecule has 1 aromatic carbocycles. The van der Waals surface area contributed by atoms with E-state index in [1.165, 1.54) is 18.2 Å². The molecule has 1 aromatic rings. The summed E-state index contributed by atoms with van der Waals surface area (Å²) in [4.78, 5) is 11.7. The lowest BCUT2D eigenvalue weighted by Gasteiger charge is -2.16. The van der Waals surface area contributed by atoms with E-state index in [-0.39, 0.29) is 18.3 Å². The van der Waals surface area contributed by atoms with Crippen molar-refractivity contribution in [3.63, 3.8) is 0 Å². The lowest BCUT2D eigenvalue weighted by molar-refractivity contribution is -0.127. The van der Waals surface area contributed by atoms with Crippen LogP contribution in [0, 0.1) is 5.82 Å². The van der Waals surface area contributed by atoms with Crippen LogP contribution in [-0.2, 0) is 16.1 Å². The zero-order chi connectivity index (χ0) is 14.3. The first-order chi connectivity index (χ1) is 9.08. The Kier molecular flexibility index (Phi) is 6.24. The summed E-state index contributed by atoms with van der Waals surface area (Å²) in [5.41, 5.74) is 6.03. The first-order valence-corrected chi connectivity index (χ1v) is 6.00. The van der Waals surface area contributed by atoms with Crippen LogP contribution in [0.5, 0.6) is 5.75 Å². The third-order valence-corrected chi connectivity index (χ3v) is 2.52. The summed E-state index contributed by atoms with van der Waals surface area (Å²) >= 11 is 0. The highest BCUT2D eigenvalue weighted by Crippen LogP contribution is 2.20. The van der Waals surface area contributed by atoms with Crippen LogP contribution in [-0.4, -0.2) is 32.3 Å². The van der Waals surface area contributed by atoms with E-state index in [1.807, 2.05) is 0 Å². The molecule has 6 heteroatoms. The molecule has 1 amide bonds. The Labute approximate surface area is 111 Å². The van der Waals surface area contributed by atoms with Crippen molar-refractivity contribution < 1.29 is 18.7 Å². The summed E-state index contributed by atoms with van der Waals surface area (Å²) in [6.07, 6.45) is -0.687. The topological polar surface area (TPSA) is 73.6 Å². The molecular formula is C13H19FN2O3. The molecule has 0 saturated heterocycles. The number of carbonyl (C=O) groups is 1. The SMILES string of the molecule is COCCNC(=O)C(C)Oc1ccc(F)cc1CN. The number of rotatable bonds is 7.